The molecule has 0 spiro atoms. The second-order valence-electron chi connectivity index (χ2n) is 9.47. The third-order valence-electron chi connectivity index (χ3n) is 7.34. The van der Waals surface area contributed by atoms with Crippen molar-refractivity contribution in [3.05, 3.63) is 47.0 Å². The zero-order chi connectivity index (χ0) is 23.7. The van der Waals surface area contributed by atoms with Crippen LogP contribution in [0.5, 0.6) is 5.75 Å². The maximum atomic E-state index is 12.6. The smallest absolute Gasteiger partial charge is 0.354 e. The Kier molecular flexibility index (Phi) is 6.53. The maximum Gasteiger partial charge on any atom is 0.354 e. The lowest BCUT2D eigenvalue weighted by molar-refractivity contribution is 0.154. The number of likely N-dealkylation sites (tertiary alicyclic amines) is 1. The maximum absolute atomic E-state index is 12.6. The van der Waals surface area contributed by atoms with Crippen LogP contribution < -0.4 is 26.8 Å². The fourth-order valence-corrected chi connectivity index (χ4v) is 5.14. The van der Waals surface area contributed by atoms with Crippen LogP contribution in [0.3, 0.4) is 0 Å². The van der Waals surface area contributed by atoms with E-state index in [1.165, 1.54) is 4.57 Å². The molecule has 1 saturated carbocycles. The molecule has 2 saturated heterocycles. The molecular formula is C24H33N7O3. The summed E-state index contributed by atoms with van der Waals surface area (Å²) in [5, 5.41) is 5.91. The lowest BCUT2D eigenvalue weighted by Gasteiger charge is -2.27. The molecule has 0 bridgehead atoms. The van der Waals surface area contributed by atoms with Gasteiger partial charge in [0.1, 0.15) is 18.2 Å². The average Bonchev–Trinajstić information content (AvgIpc) is 3.33. The Morgan fingerprint density at radius 3 is 2.56 bits per heavy atom. The van der Waals surface area contributed by atoms with Gasteiger partial charge in [-0.05, 0) is 61.6 Å². The van der Waals surface area contributed by atoms with E-state index in [9.17, 15) is 9.59 Å². The lowest BCUT2D eigenvalue weighted by Crippen LogP contribution is -2.48. The molecule has 2 unspecified atom stereocenters. The Bertz CT molecular complexity index is 1050. The topological polar surface area (TPSA) is 118 Å². The summed E-state index contributed by atoms with van der Waals surface area (Å²) < 4.78 is 7.44. The Morgan fingerprint density at radius 1 is 1.21 bits per heavy atom. The third kappa shape index (κ3) is 4.79. The van der Waals surface area contributed by atoms with Crippen LogP contribution >= 0.6 is 0 Å². The van der Waals surface area contributed by atoms with E-state index >= 15 is 0 Å². The number of amides is 2. The van der Waals surface area contributed by atoms with Gasteiger partial charge in [-0.1, -0.05) is 0 Å². The summed E-state index contributed by atoms with van der Waals surface area (Å²) >= 11 is 0. The molecule has 1 aromatic heterocycles. The summed E-state index contributed by atoms with van der Waals surface area (Å²) in [5.41, 5.74) is 6.04. The van der Waals surface area contributed by atoms with Crippen molar-refractivity contribution in [2.24, 2.45) is 23.5 Å². The van der Waals surface area contributed by atoms with Crippen molar-refractivity contribution in [2.45, 2.75) is 13.0 Å². The summed E-state index contributed by atoms with van der Waals surface area (Å²) in [5.74, 6) is 3.30. The van der Waals surface area contributed by atoms with Crippen molar-refractivity contribution >= 4 is 11.8 Å². The van der Waals surface area contributed by atoms with Crippen LogP contribution in [0.15, 0.2) is 41.3 Å². The number of fused-ring (bicyclic) bond motifs is 1. The number of nitrogens with one attached hydrogen (secondary N) is 2. The Balaban J connectivity index is 1.14. The zero-order valence-corrected chi connectivity index (χ0v) is 19.5. The van der Waals surface area contributed by atoms with E-state index in [1.54, 1.807) is 17.2 Å². The molecule has 182 valence electrons. The molecule has 3 fully saturated rings. The van der Waals surface area contributed by atoms with E-state index in [0.717, 1.165) is 56.2 Å². The highest BCUT2D eigenvalue weighted by atomic mass is 16.5. The fourth-order valence-electron chi connectivity index (χ4n) is 5.14. The van der Waals surface area contributed by atoms with Crippen LogP contribution in [0.2, 0.25) is 0 Å². The molecule has 34 heavy (non-hydrogen) atoms. The van der Waals surface area contributed by atoms with E-state index in [0.29, 0.717) is 31.4 Å². The number of carbonyl (C=O) groups excluding carboxylic acids is 1. The third-order valence-corrected chi connectivity index (χ3v) is 7.34. The number of rotatable bonds is 7. The van der Waals surface area contributed by atoms with E-state index in [4.69, 9.17) is 10.5 Å². The van der Waals surface area contributed by atoms with Crippen molar-refractivity contribution in [1.29, 1.82) is 0 Å². The number of urea groups is 1. The number of anilines is 1. The summed E-state index contributed by atoms with van der Waals surface area (Å²) in [4.78, 5) is 33.1. The Morgan fingerprint density at radius 2 is 1.91 bits per heavy atom. The largest absolute Gasteiger partial charge is 0.492 e. The number of aromatic nitrogens is 2. The van der Waals surface area contributed by atoms with Crippen LogP contribution in [-0.4, -0.2) is 83.8 Å². The van der Waals surface area contributed by atoms with E-state index < -0.39 is 5.69 Å². The molecule has 2 aliphatic heterocycles. The first kappa shape index (κ1) is 22.8. The molecule has 1 aromatic carbocycles. The van der Waals surface area contributed by atoms with Gasteiger partial charge in [-0.3, -0.25) is 14.8 Å². The fraction of sp³-hybridized carbons (Fsp3) is 0.542. The summed E-state index contributed by atoms with van der Waals surface area (Å²) in [6.45, 7) is 8.65. The van der Waals surface area contributed by atoms with Gasteiger partial charge in [0, 0.05) is 51.5 Å². The number of piperidine rings is 1. The van der Waals surface area contributed by atoms with Crippen LogP contribution in [0.4, 0.5) is 10.6 Å². The van der Waals surface area contributed by atoms with Crippen LogP contribution in [0.25, 0.3) is 5.69 Å². The average molecular weight is 468 g/mol. The molecule has 3 aliphatic rings. The monoisotopic (exact) mass is 467 g/mol. The van der Waals surface area contributed by atoms with Gasteiger partial charge < -0.3 is 20.7 Å². The van der Waals surface area contributed by atoms with E-state index in [1.807, 2.05) is 24.3 Å². The molecule has 1 aliphatic carbocycles. The Hall–Kier alpha value is -2.95. The first-order valence-corrected chi connectivity index (χ1v) is 12.1. The van der Waals surface area contributed by atoms with Crippen LogP contribution in [0, 0.1) is 17.8 Å². The number of benzene rings is 1. The zero-order valence-electron chi connectivity index (χ0n) is 19.5. The highest BCUT2D eigenvalue weighted by Gasteiger charge is 2.55. The van der Waals surface area contributed by atoms with Gasteiger partial charge in [-0.25, -0.2) is 9.59 Å². The van der Waals surface area contributed by atoms with Crippen molar-refractivity contribution in [3.63, 3.8) is 0 Å². The molecule has 10 nitrogen and oxygen atoms in total. The van der Waals surface area contributed by atoms with Gasteiger partial charge in [-0.15, -0.1) is 0 Å². The highest BCUT2D eigenvalue weighted by molar-refractivity contribution is 5.88. The number of hydrogen-bond acceptors (Lipinski definition) is 7. The molecule has 3 heterocycles. The van der Waals surface area contributed by atoms with Gasteiger partial charge in [0.25, 0.3) is 0 Å². The first-order chi connectivity index (χ1) is 16.5. The summed E-state index contributed by atoms with van der Waals surface area (Å²) in [7, 11) is 0. The second kappa shape index (κ2) is 9.73. The van der Waals surface area contributed by atoms with Gasteiger partial charge in [0.2, 0.25) is 0 Å². The molecule has 5 rings (SSSR count). The molecule has 4 atom stereocenters. The van der Waals surface area contributed by atoms with E-state index in [-0.39, 0.29) is 11.8 Å². The van der Waals surface area contributed by atoms with Crippen molar-refractivity contribution in [1.82, 2.24) is 24.7 Å². The number of ether oxygens (including phenoxy) is 1. The van der Waals surface area contributed by atoms with Crippen molar-refractivity contribution < 1.29 is 9.53 Å². The molecule has 2 amide bonds. The number of piperazine rings is 1. The highest BCUT2D eigenvalue weighted by Crippen LogP contribution is 2.51. The van der Waals surface area contributed by atoms with Crippen molar-refractivity contribution in [3.8, 4) is 11.4 Å². The predicted octanol–water partition coefficient (Wildman–Crippen LogP) is 0.573. The summed E-state index contributed by atoms with van der Waals surface area (Å²) in [6, 6.07) is 9.12. The molecule has 10 heteroatoms. The van der Waals surface area contributed by atoms with Gasteiger partial charge in [0.05, 0.1) is 5.69 Å². The van der Waals surface area contributed by atoms with E-state index in [2.05, 4.69) is 27.4 Å². The number of nitrogens with two attached hydrogens (primary N) is 1. The second-order valence-corrected chi connectivity index (χ2v) is 9.47. The SMILES string of the molecule is CC(COc1ccc(-n2ccc(NC(=O)N3CCNCC3)nc2=O)cc1)N1CC2[C@H](CN)[C@H]2C1. The van der Waals surface area contributed by atoms with Gasteiger partial charge in [-0.2, -0.15) is 4.98 Å². The Labute approximate surface area is 199 Å². The number of hydrogen-bond donors (Lipinski definition) is 3. The molecule has 0 radical (unpaired) electrons. The normalized spacial score (nSPS) is 25.0. The molecular weight excluding hydrogens is 434 g/mol. The minimum Gasteiger partial charge on any atom is -0.492 e. The predicted molar refractivity (Wildman–Crippen MR) is 129 cm³/mol. The molecule has 2 aromatic rings. The van der Waals surface area contributed by atoms with Crippen LogP contribution in [0.1, 0.15) is 6.92 Å². The van der Waals surface area contributed by atoms with Gasteiger partial charge in [0.15, 0.2) is 0 Å². The number of nitrogens with zero attached hydrogens (tertiary/aromatic N) is 4. The standard InChI is InChI=1S/C24H33N7O3/c1-16(30-13-20-19(12-25)21(20)14-30)15-34-18-4-2-17(3-5-18)31-9-6-22(28-24(31)33)27-23(32)29-10-7-26-8-11-29/h2-6,9,16,19-21,26H,7-8,10-15,25H2,1H3,(H,27,28,32,33)/t16?,19-,20-,21?/m1/s1. The molecule has 4 N–H and O–H groups in total. The minimum atomic E-state index is -0.455. The van der Waals surface area contributed by atoms with Crippen molar-refractivity contribution in [2.75, 3.05) is 57.7 Å². The number of carbonyl (C=O) groups is 1. The van der Waals surface area contributed by atoms with Gasteiger partial charge >= 0.3 is 11.7 Å². The summed E-state index contributed by atoms with van der Waals surface area (Å²) in [6.07, 6.45) is 1.62. The van der Waals surface area contributed by atoms with Crippen LogP contribution in [-0.2, 0) is 0 Å². The lowest BCUT2D eigenvalue weighted by atomic mass is 10.2. The quantitative estimate of drug-likeness (QED) is 0.545. The minimum absolute atomic E-state index is 0.243. The first-order valence-electron chi connectivity index (χ1n) is 12.1.